The Morgan fingerprint density at radius 1 is 1.17 bits per heavy atom. The van der Waals surface area contributed by atoms with Crippen LogP contribution in [0.1, 0.15) is 10.4 Å². The van der Waals surface area contributed by atoms with Crippen molar-refractivity contribution in [3.05, 3.63) is 52.8 Å². The first-order valence-corrected chi connectivity index (χ1v) is 5.28. The second-order valence-corrected chi connectivity index (χ2v) is 3.81. The van der Waals surface area contributed by atoms with E-state index in [9.17, 15) is 9.59 Å². The topological polar surface area (TPSA) is 90.9 Å². The molecule has 0 aliphatic rings. The average Bonchev–Trinajstić information content (AvgIpc) is 2.95. The Balaban J connectivity index is 1.91. The molecule has 6 nitrogen and oxygen atoms in total. The van der Waals surface area contributed by atoms with Crippen molar-refractivity contribution in [3.8, 4) is 0 Å². The van der Waals surface area contributed by atoms with E-state index < -0.39 is 0 Å². The molecule has 90 valence electrons. The number of rotatable bonds is 2. The highest BCUT2D eigenvalue weighted by Gasteiger charge is 2.07. The van der Waals surface area contributed by atoms with E-state index in [0.717, 1.165) is 0 Å². The van der Waals surface area contributed by atoms with Crippen molar-refractivity contribution in [3.63, 3.8) is 0 Å². The van der Waals surface area contributed by atoms with Gasteiger partial charge in [-0.05, 0) is 24.3 Å². The summed E-state index contributed by atoms with van der Waals surface area (Å²) in [5, 5.41) is 2.71. The molecule has 0 aliphatic carbocycles. The van der Waals surface area contributed by atoms with Gasteiger partial charge in [0.2, 0.25) is 0 Å². The first-order valence-electron chi connectivity index (χ1n) is 5.28. The van der Waals surface area contributed by atoms with Crippen LogP contribution in [0.4, 0.5) is 5.69 Å². The lowest BCUT2D eigenvalue weighted by Crippen LogP contribution is -2.10. The third-order valence-corrected chi connectivity index (χ3v) is 2.56. The molecule has 3 rings (SSSR count). The van der Waals surface area contributed by atoms with E-state index in [2.05, 4.69) is 15.3 Å². The van der Waals surface area contributed by atoms with Crippen LogP contribution in [0, 0.1) is 0 Å². The number of aromatic nitrogens is 2. The van der Waals surface area contributed by atoms with E-state index >= 15 is 0 Å². The fraction of sp³-hybridized carbons (Fsp3) is 0. The quantitative estimate of drug-likeness (QED) is 0.639. The molecule has 2 aromatic heterocycles. The van der Waals surface area contributed by atoms with Crippen LogP contribution < -0.4 is 11.0 Å². The molecule has 0 atom stereocenters. The number of H-pyrrole nitrogens is 2. The van der Waals surface area contributed by atoms with Crippen molar-refractivity contribution in [2.24, 2.45) is 0 Å². The molecular formula is C12H9N3O3. The Morgan fingerprint density at radius 3 is 2.78 bits per heavy atom. The summed E-state index contributed by atoms with van der Waals surface area (Å²) >= 11 is 0. The number of furan rings is 1. The maximum absolute atomic E-state index is 11.8. The van der Waals surface area contributed by atoms with Crippen LogP contribution in [-0.2, 0) is 0 Å². The Morgan fingerprint density at radius 2 is 2.00 bits per heavy atom. The highest BCUT2D eigenvalue weighted by atomic mass is 16.3. The molecule has 0 saturated carbocycles. The summed E-state index contributed by atoms with van der Waals surface area (Å²) in [7, 11) is 0. The smallest absolute Gasteiger partial charge is 0.323 e. The second-order valence-electron chi connectivity index (χ2n) is 3.81. The molecule has 1 amide bonds. The lowest BCUT2D eigenvalue weighted by Gasteiger charge is -2.02. The van der Waals surface area contributed by atoms with Gasteiger partial charge in [0.25, 0.3) is 5.91 Å². The van der Waals surface area contributed by atoms with Gasteiger partial charge in [-0.15, -0.1) is 0 Å². The molecule has 0 unspecified atom stereocenters. The summed E-state index contributed by atoms with van der Waals surface area (Å²) in [5.41, 5.74) is 2.11. The molecule has 1 aromatic carbocycles. The zero-order valence-corrected chi connectivity index (χ0v) is 9.19. The van der Waals surface area contributed by atoms with E-state index in [1.165, 1.54) is 12.5 Å². The number of anilines is 1. The number of carbonyl (C=O) groups excluding carboxylic acids is 1. The van der Waals surface area contributed by atoms with Crippen molar-refractivity contribution >= 4 is 22.6 Å². The molecule has 0 bridgehead atoms. The minimum absolute atomic E-state index is 0.263. The normalized spacial score (nSPS) is 10.7. The van der Waals surface area contributed by atoms with Crippen molar-refractivity contribution in [1.82, 2.24) is 9.97 Å². The van der Waals surface area contributed by atoms with Crippen LogP contribution in [0.25, 0.3) is 11.0 Å². The van der Waals surface area contributed by atoms with Gasteiger partial charge in [0.15, 0.2) is 0 Å². The number of imidazole rings is 1. The molecular weight excluding hydrogens is 234 g/mol. The number of fused-ring (bicyclic) bond motifs is 1. The molecule has 18 heavy (non-hydrogen) atoms. The van der Waals surface area contributed by atoms with E-state index in [-0.39, 0.29) is 11.6 Å². The van der Waals surface area contributed by atoms with Crippen molar-refractivity contribution in [1.29, 1.82) is 0 Å². The minimum atomic E-state index is -0.275. The fourth-order valence-corrected chi connectivity index (χ4v) is 1.71. The number of hydrogen-bond acceptors (Lipinski definition) is 3. The minimum Gasteiger partial charge on any atom is -0.472 e. The number of amides is 1. The summed E-state index contributed by atoms with van der Waals surface area (Å²) < 4.78 is 4.83. The predicted molar refractivity (Wildman–Crippen MR) is 65.6 cm³/mol. The van der Waals surface area contributed by atoms with Gasteiger partial charge in [0.05, 0.1) is 22.9 Å². The lowest BCUT2D eigenvalue weighted by atomic mass is 10.2. The molecule has 3 aromatic rings. The predicted octanol–water partition coefficient (Wildman–Crippen LogP) is 1.70. The van der Waals surface area contributed by atoms with Crippen LogP contribution in [0.3, 0.4) is 0 Å². The SMILES string of the molecule is O=C(Nc1ccc2[nH]c(=O)[nH]c2c1)c1ccoc1. The van der Waals surface area contributed by atoms with Crippen molar-refractivity contribution < 1.29 is 9.21 Å². The standard InChI is InChI=1S/C12H9N3O3/c16-11(7-3-4-18-6-7)13-8-1-2-9-10(5-8)15-12(17)14-9/h1-6H,(H,13,16)(H2,14,15,17). The number of benzene rings is 1. The Labute approximate surface area is 101 Å². The molecule has 0 radical (unpaired) electrons. The fourth-order valence-electron chi connectivity index (χ4n) is 1.71. The monoisotopic (exact) mass is 243 g/mol. The third-order valence-electron chi connectivity index (χ3n) is 2.56. The van der Waals surface area contributed by atoms with E-state index in [0.29, 0.717) is 22.3 Å². The highest BCUT2D eigenvalue weighted by Crippen LogP contribution is 2.15. The van der Waals surface area contributed by atoms with Crippen LogP contribution in [0.2, 0.25) is 0 Å². The zero-order chi connectivity index (χ0) is 12.5. The molecule has 0 fully saturated rings. The molecule has 0 spiro atoms. The summed E-state index contributed by atoms with van der Waals surface area (Å²) in [6.07, 6.45) is 2.80. The number of carbonyl (C=O) groups is 1. The Hall–Kier alpha value is -2.76. The van der Waals surface area contributed by atoms with Gasteiger partial charge in [-0.2, -0.15) is 0 Å². The van der Waals surface area contributed by atoms with Gasteiger partial charge < -0.3 is 19.7 Å². The Bertz CT molecular complexity index is 752. The van der Waals surface area contributed by atoms with E-state index in [1.54, 1.807) is 24.3 Å². The van der Waals surface area contributed by atoms with Crippen LogP contribution in [-0.4, -0.2) is 15.9 Å². The van der Waals surface area contributed by atoms with Gasteiger partial charge in [-0.25, -0.2) is 4.79 Å². The van der Waals surface area contributed by atoms with Gasteiger partial charge >= 0.3 is 5.69 Å². The number of nitrogens with one attached hydrogen (secondary N) is 3. The van der Waals surface area contributed by atoms with Gasteiger partial charge in [-0.3, -0.25) is 4.79 Å². The van der Waals surface area contributed by atoms with Gasteiger partial charge in [0, 0.05) is 5.69 Å². The molecule has 0 aliphatic heterocycles. The average molecular weight is 243 g/mol. The van der Waals surface area contributed by atoms with Gasteiger partial charge in [-0.1, -0.05) is 0 Å². The van der Waals surface area contributed by atoms with Crippen molar-refractivity contribution in [2.75, 3.05) is 5.32 Å². The number of hydrogen-bond donors (Lipinski definition) is 3. The summed E-state index contributed by atoms with van der Waals surface area (Å²) in [6, 6.07) is 6.69. The maximum atomic E-state index is 11.8. The van der Waals surface area contributed by atoms with E-state index in [4.69, 9.17) is 4.42 Å². The Kier molecular flexibility index (Phi) is 2.26. The first-order chi connectivity index (χ1) is 8.72. The van der Waals surface area contributed by atoms with Crippen LogP contribution in [0.15, 0.2) is 46.0 Å². The summed E-state index contributed by atoms with van der Waals surface area (Å²) in [6.45, 7) is 0. The number of aromatic amines is 2. The van der Waals surface area contributed by atoms with Crippen LogP contribution in [0.5, 0.6) is 0 Å². The van der Waals surface area contributed by atoms with Crippen LogP contribution >= 0.6 is 0 Å². The van der Waals surface area contributed by atoms with Gasteiger partial charge in [0.1, 0.15) is 6.26 Å². The summed E-state index contributed by atoms with van der Waals surface area (Å²) in [4.78, 5) is 28.1. The second kappa shape index (κ2) is 3.92. The molecule has 3 N–H and O–H groups in total. The summed E-state index contributed by atoms with van der Waals surface area (Å²) in [5.74, 6) is -0.263. The maximum Gasteiger partial charge on any atom is 0.323 e. The highest BCUT2D eigenvalue weighted by molar-refractivity contribution is 6.04. The largest absolute Gasteiger partial charge is 0.472 e. The molecule has 2 heterocycles. The zero-order valence-electron chi connectivity index (χ0n) is 9.19. The van der Waals surface area contributed by atoms with E-state index in [1.807, 2.05) is 0 Å². The lowest BCUT2D eigenvalue weighted by molar-refractivity contribution is 0.102. The van der Waals surface area contributed by atoms with Crippen molar-refractivity contribution in [2.45, 2.75) is 0 Å². The molecule has 0 saturated heterocycles. The third kappa shape index (κ3) is 1.80. The molecule has 6 heteroatoms. The first kappa shape index (κ1) is 10.4.